The summed E-state index contributed by atoms with van der Waals surface area (Å²) in [6, 6.07) is 15.2. The molecule has 5 rings (SSSR count). The smallest absolute Gasteiger partial charge is 0.290 e. The normalized spacial score (nSPS) is 16.1. The summed E-state index contributed by atoms with van der Waals surface area (Å²) in [6.07, 6.45) is 0. The molecule has 33 heavy (non-hydrogen) atoms. The van der Waals surface area contributed by atoms with Crippen molar-refractivity contribution in [3.05, 3.63) is 99.4 Å². The number of halogens is 1. The number of aliphatic hydroxyl groups excluding tert-OH is 1. The number of hydrogen-bond donors (Lipinski definition) is 1. The van der Waals surface area contributed by atoms with E-state index in [4.69, 9.17) is 9.15 Å². The number of benzene rings is 2. The Morgan fingerprint density at radius 2 is 2.00 bits per heavy atom. The Balaban J connectivity index is 1.63. The largest absolute Gasteiger partial charge is 0.503 e. The lowest BCUT2D eigenvalue weighted by molar-refractivity contribution is -0.130. The highest BCUT2D eigenvalue weighted by Crippen LogP contribution is 2.42. The average Bonchev–Trinajstić information content (AvgIpc) is 3.54. The topological polar surface area (TPSA) is 80.0 Å². The van der Waals surface area contributed by atoms with Crippen LogP contribution in [0.5, 0.6) is 5.75 Å². The molecule has 0 bridgehead atoms. The number of carbonyl (C=O) groups is 2. The molecule has 1 aliphatic heterocycles. The first-order chi connectivity index (χ1) is 16.0. The summed E-state index contributed by atoms with van der Waals surface area (Å²) in [5.74, 6) is -2.37. The van der Waals surface area contributed by atoms with Gasteiger partial charge in [0, 0.05) is 15.8 Å². The van der Waals surface area contributed by atoms with Crippen LogP contribution in [0.3, 0.4) is 0 Å². The van der Waals surface area contributed by atoms with Gasteiger partial charge >= 0.3 is 0 Å². The highest BCUT2D eigenvalue weighted by Gasteiger charge is 2.45. The van der Waals surface area contributed by atoms with Gasteiger partial charge in [-0.2, -0.15) is 0 Å². The van der Waals surface area contributed by atoms with Crippen LogP contribution in [-0.4, -0.2) is 28.8 Å². The number of amides is 1. The van der Waals surface area contributed by atoms with Gasteiger partial charge in [-0.3, -0.25) is 9.59 Å². The Kier molecular flexibility index (Phi) is 5.22. The van der Waals surface area contributed by atoms with E-state index in [0.29, 0.717) is 16.7 Å². The number of thiophene rings is 1. The number of nitrogens with zero attached hydrogens (tertiary/aromatic N) is 1. The number of para-hydroxylation sites is 1. The first-order valence-corrected chi connectivity index (χ1v) is 11.0. The molecule has 1 N–H and O–H groups in total. The Hall–Kier alpha value is -3.91. The van der Waals surface area contributed by atoms with Gasteiger partial charge < -0.3 is 19.2 Å². The lowest BCUT2D eigenvalue weighted by atomic mass is 9.94. The van der Waals surface area contributed by atoms with Crippen molar-refractivity contribution >= 4 is 34.0 Å². The maximum Gasteiger partial charge on any atom is 0.290 e. The molecule has 2 aromatic heterocycles. The van der Waals surface area contributed by atoms with Gasteiger partial charge in [0.25, 0.3) is 5.91 Å². The third-order valence-corrected chi connectivity index (χ3v) is 6.47. The molecule has 4 aromatic rings. The Morgan fingerprint density at radius 1 is 1.18 bits per heavy atom. The van der Waals surface area contributed by atoms with Gasteiger partial charge in [0.1, 0.15) is 5.82 Å². The number of methoxy groups -OCH3 is 1. The second kappa shape index (κ2) is 8.22. The number of aliphatic hydroxyl groups is 1. The Bertz CT molecular complexity index is 1410. The summed E-state index contributed by atoms with van der Waals surface area (Å²) in [6.45, 7) is 0.115. The van der Waals surface area contributed by atoms with Gasteiger partial charge in [-0.05, 0) is 29.6 Å². The lowest BCUT2D eigenvalue weighted by Crippen LogP contribution is -2.31. The predicted octanol–water partition coefficient (Wildman–Crippen LogP) is 5.42. The van der Waals surface area contributed by atoms with Gasteiger partial charge in [-0.1, -0.05) is 36.4 Å². The van der Waals surface area contributed by atoms with Crippen molar-refractivity contribution in [3.63, 3.8) is 0 Å². The molecule has 0 saturated carbocycles. The number of carbonyl (C=O) groups excluding carboxylic acids is 2. The molecule has 166 valence electrons. The minimum absolute atomic E-state index is 0.0804. The molecule has 2 aromatic carbocycles. The van der Waals surface area contributed by atoms with Crippen molar-refractivity contribution in [2.45, 2.75) is 12.6 Å². The molecule has 0 fully saturated rings. The summed E-state index contributed by atoms with van der Waals surface area (Å²) in [7, 11) is 1.49. The van der Waals surface area contributed by atoms with Crippen LogP contribution < -0.4 is 4.74 Å². The molecule has 8 heteroatoms. The van der Waals surface area contributed by atoms with Crippen molar-refractivity contribution in [2.75, 3.05) is 7.11 Å². The molecule has 0 spiro atoms. The van der Waals surface area contributed by atoms with E-state index in [2.05, 4.69) is 0 Å². The number of hydrogen-bond acceptors (Lipinski definition) is 6. The predicted molar refractivity (Wildman–Crippen MR) is 121 cm³/mol. The van der Waals surface area contributed by atoms with E-state index >= 15 is 0 Å². The lowest BCUT2D eigenvalue weighted by Gasteiger charge is -2.26. The highest BCUT2D eigenvalue weighted by molar-refractivity contribution is 7.09. The monoisotopic (exact) mass is 463 g/mol. The second-order valence-electron chi connectivity index (χ2n) is 7.52. The molecule has 6 nitrogen and oxygen atoms in total. The van der Waals surface area contributed by atoms with E-state index in [9.17, 15) is 19.1 Å². The number of furan rings is 1. The zero-order valence-corrected chi connectivity index (χ0v) is 18.3. The van der Waals surface area contributed by atoms with Crippen LogP contribution in [0.4, 0.5) is 4.39 Å². The van der Waals surface area contributed by atoms with E-state index in [1.165, 1.54) is 47.6 Å². The van der Waals surface area contributed by atoms with Gasteiger partial charge in [-0.25, -0.2) is 4.39 Å². The van der Waals surface area contributed by atoms with Crippen LogP contribution in [0.15, 0.2) is 81.8 Å². The quantitative estimate of drug-likeness (QED) is 0.386. The van der Waals surface area contributed by atoms with Gasteiger partial charge in [0.2, 0.25) is 5.78 Å². The highest BCUT2D eigenvalue weighted by atomic mass is 32.1. The standard InChI is InChI=1S/C25H18FNO5S/c1-31-18-10-4-6-14-12-19(32-24(14)18)22(28)20-21(16-8-2-3-9-17(16)26)27(25(30)23(20)29)13-15-7-5-11-33-15/h2-12,21,29H,13H2,1H3. The molecule has 1 aliphatic rings. The Labute approximate surface area is 192 Å². The van der Waals surface area contributed by atoms with Gasteiger partial charge in [-0.15, -0.1) is 11.3 Å². The fraction of sp³-hybridized carbons (Fsp3) is 0.120. The second-order valence-corrected chi connectivity index (χ2v) is 8.55. The molecule has 1 atom stereocenters. The molecule has 1 unspecified atom stereocenters. The van der Waals surface area contributed by atoms with Crippen molar-refractivity contribution in [1.82, 2.24) is 4.90 Å². The number of ketones is 1. The number of rotatable bonds is 6. The molecular weight excluding hydrogens is 445 g/mol. The zero-order chi connectivity index (χ0) is 23.1. The number of ether oxygens (including phenoxy) is 1. The first-order valence-electron chi connectivity index (χ1n) is 10.1. The van der Waals surface area contributed by atoms with E-state index < -0.39 is 29.3 Å². The van der Waals surface area contributed by atoms with Crippen molar-refractivity contribution in [3.8, 4) is 5.75 Å². The summed E-state index contributed by atoms with van der Waals surface area (Å²) in [5, 5.41) is 13.2. The van der Waals surface area contributed by atoms with Crippen molar-refractivity contribution in [1.29, 1.82) is 0 Å². The fourth-order valence-electron chi connectivity index (χ4n) is 4.08. The first kappa shape index (κ1) is 21.0. The molecular formula is C25H18FNO5S. The molecule has 0 aliphatic carbocycles. The van der Waals surface area contributed by atoms with E-state index in [-0.39, 0.29) is 23.4 Å². The van der Waals surface area contributed by atoms with Gasteiger partial charge in [0.15, 0.2) is 22.9 Å². The van der Waals surface area contributed by atoms with Crippen LogP contribution in [0, 0.1) is 5.82 Å². The molecule has 0 radical (unpaired) electrons. The maximum absolute atomic E-state index is 14.9. The Morgan fingerprint density at radius 3 is 2.73 bits per heavy atom. The van der Waals surface area contributed by atoms with Gasteiger partial charge in [0.05, 0.1) is 25.3 Å². The van der Waals surface area contributed by atoms with Crippen molar-refractivity contribution in [2.24, 2.45) is 0 Å². The van der Waals surface area contributed by atoms with Crippen molar-refractivity contribution < 1.29 is 28.2 Å². The average molecular weight is 463 g/mol. The van der Waals surface area contributed by atoms with E-state index in [1.807, 2.05) is 17.5 Å². The molecule has 1 amide bonds. The van der Waals surface area contributed by atoms with E-state index in [0.717, 1.165) is 4.88 Å². The summed E-state index contributed by atoms with van der Waals surface area (Å²) in [5.41, 5.74) is 0.258. The summed E-state index contributed by atoms with van der Waals surface area (Å²) >= 11 is 1.42. The number of fused-ring (bicyclic) bond motifs is 1. The molecule has 0 saturated heterocycles. The minimum atomic E-state index is -1.11. The summed E-state index contributed by atoms with van der Waals surface area (Å²) in [4.78, 5) is 28.7. The van der Waals surface area contributed by atoms with Crippen LogP contribution in [-0.2, 0) is 11.3 Å². The van der Waals surface area contributed by atoms with E-state index in [1.54, 1.807) is 24.3 Å². The fourth-order valence-corrected chi connectivity index (χ4v) is 4.78. The van der Waals surface area contributed by atoms with Crippen LogP contribution >= 0.6 is 11.3 Å². The number of Topliss-reactive ketones (excluding diaryl/α,β-unsaturated/α-hetero) is 1. The van der Waals surface area contributed by atoms with Crippen LogP contribution in [0.2, 0.25) is 0 Å². The van der Waals surface area contributed by atoms with Crippen LogP contribution in [0.25, 0.3) is 11.0 Å². The third kappa shape index (κ3) is 3.48. The van der Waals surface area contributed by atoms with Crippen LogP contribution in [0.1, 0.15) is 27.0 Å². The summed E-state index contributed by atoms with van der Waals surface area (Å²) < 4.78 is 25.9. The zero-order valence-electron chi connectivity index (χ0n) is 17.4. The SMILES string of the molecule is COc1cccc2cc(C(=O)C3=C(O)C(=O)N(Cc4cccs4)C3c3ccccc3F)oc12. The maximum atomic E-state index is 14.9. The third-order valence-electron chi connectivity index (χ3n) is 5.61. The minimum Gasteiger partial charge on any atom is -0.503 e. The molecule has 3 heterocycles.